The zero-order valence-electron chi connectivity index (χ0n) is 14.9. The second-order valence-electron chi connectivity index (χ2n) is 6.69. The first-order chi connectivity index (χ1) is 12.1. The van der Waals surface area contributed by atoms with Gasteiger partial charge in [0, 0.05) is 13.1 Å². The molecule has 0 spiro atoms. The summed E-state index contributed by atoms with van der Waals surface area (Å²) in [6, 6.07) is 11.2. The molecule has 1 aliphatic heterocycles. The van der Waals surface area contributed by atoms with Crippen molar-refractivity contribution in [3.05, 3.63) is 36.4 Å². The number of unbranched alkanes of at least 4 members (excludes halogenated alkanes) is 2. The fourth-order valence-electron chi connectivity index (χ4n) is 3.25. The van der Waals surface area contributed by atoms with Crippen molar-refractivity contribution in [3.8, 4) is 5.75 Å². The molecule has 1 fully saturated rings. The van der Waals surface area contributed by atoms with Crippen LogP contribution in [0.4, 0.5) is 0 Å². The van der Waals surface area contributed by atoms with E-state index < -0.39 is 10.0 Å². The van der Waals surface area contributed by atoms with E-state index in [4.69, 9.17) is 4.74 Å². The third-order valence-electron chi connectivity index (χ3n) is 4.75. The van der Waals surface area contributed by atoms with Gasteiger partial charge in [-0.3, -0.25) is 0 Å². The Balaban J connectivity index is 1.78. The summed E-state index contributed by atoms with van der Waals surface area (Å²) < 4.78 is 33.0. The molecule has 1 aliphatic rings. The van der Waals surface area contributed by atoms with E-state index in [1.54, 1.807) is 16.4 Å². The van der Waals surface area contributed by atoms with E-state index in [1.807, 2.05) is 24.3 Å². The topological polar surface area (TPSA) is 46.6 Å². The molecule has 3 rings (SSSR count). The van der Waals surface area contributed by atoms with Crippen LogP contribution in [0.15, 0.2) is 41.3 Å². The number of ether oxygens (including phenoxy) is 1. The Kier molecular flexibility index (Phi) is 5.97. The van der Waals surface area contributed by atoms with Gasteiger partial charge in [0.15, 0.2) is 0 Å². The highest BCUT2D eigenvalue weighted by Crippen LogP contribution is 2.26. The summed E-state index contributed by atoms with van der Waals surface area (Å²) in [6.07, 6.45) is 6.42. The van der Waals surface area contributed by atoms with Crippen LogP contribution < -0.4 is 4.74 Å². The van der Waals surface area contributed by atoms with Crippen LogP contribution in [0.2, 0.25) is 0 Å². The van der Waals surface area contributed by atoms with Crippen LogP contribution in [0, 0.1) is 0 Å². The van der Waals surface area contributed by atoms with Crippen LogP contribution in [0.25, 0.3) is 10.8 Å². The van der Waals surface area contributed by atoms with Crippen molar-refractivity contribution in [1.29, 1.82) is 0 Å². The van der Waals surface area contributed by atoms with Gasteiger partial charge in [0.25, 0.3) is 0 Å². The van der Waals surface area contributed by atoms with Crippen LogP contribution in [0.1, 0.15) is 45.4 Å². The van der Waals surface area contributed by atoms with Gasteiger partial charge in [0.1, 0.15) is 5.75 Å². The number of sulfonamides is 1. The molecule has 0 amide bonds. The number of hydrogen-bond donors (Lipinski definition) is 0. The molecule has 2 aromatic rings. The molecule has 136 valence electrons. The number of benzene rings is 2. The molecule has 1 heterocycles. The normalized spacial score (nSPS) is 16.2. The van der Waals surface area contributed by atoms with E-state index >= 15 is 0 Å². The lowest BCUT2D eigenvalue weighted by atomic mass is 10.1. The van der Waals surface area contributed by atoms with E-state index in [0.29, 0.717) is 18.0 Å². The predicted molar refractivity (Wildman–Crippen MR) is 102 cm³/mol. The molecule has 4 nitrogen and oxygen atoms in total. The third-order valence-corrected chi connectivity index (χ3v) is 6.65. The van der Waals surface area contributed by atoms with Crippen molar-refractivity contribution < 1.29 is 13.2 Å². The second-order valence-corrected chi connectivity index (χ2v) is 8.63. The molecular formula is C20H27NO3S. The van der Waals surface area contributed by atoms with Gasteiger partial charge in [-0.05, 0) is 54.3 Å². The Morgan fingerprint density at radius 2 is 1.68 bits per heavy atom. The van der Waals surface area contributed by atoms with Crippen molar-refractivity contribution in [1.82, 2.24) is 4.31 Å². The first-order valence-corrected chi connectivity index (χ1v) is 10.7. The fraction of sp³-hybridized carbons (Fsp3) is 0.500. The lowest BCUT2D eigenvalue weighted by Gasteiger charge is -2.26. The summed E-state index contributed by atoms with van der Waals surface area (Å²) >= 11 is 0. The van der Waals surface area contributed by atoms with Crippen molar-refractivity contribution >= 4 is 20.8 Å². The number of rotatable bonds is 7. The molecular weight excluding hydrogens is 334 g/mol. The number of hydrogen-bond acceptors (Lipinski definition) is 3. The van der Waals surface area contributed by atoms with Gasteiger partial charge >= 0.3 is 0 Å². The quantitative estimate of drug-likeness (QED) is 0.678. The van der Waals surface area contributed by atoms with Gasteiger partial charge in [-0.25, -0.2) is 8.42 Å². The maximum Gasteiger partial charge on any atom is 0.243 e. The highest BCUT2D eigenvalue weighted by Gasteiger charge is 2.25. The summed E-state index contributed by atoms with van der Waals surface area (Å²) in [5.74, 6) is 0.843. The van der Waals surface area contributed by atoms with Gasteiger partial charge in [0.2, 0.25) is 10.0 Å². The maximum atomic E-state index is 12.8. The predicted octanol–water partition coefficient (Wildman–Crippen LogP) is 4.58. The van der Waals surface area contributed by atoms with Gasteiger partial charge in [-0.15, -0.1) is 0 Å². The highest BCUT2D eigenvalue weighted by molar-refractivity contribution is 7.89. The SMILES string of the molecule is CCCCCOc1ccc2cc(S(=O)(=O)N3CCCCC3)ccc2c1. The molecule has 0 aliphatic carbocycles. The van der Waals surface area contributed by atoms with Crippen molar-refractivity contribution in [3.63, 3.8) is 0 Å². The minimum Gasteiger partial charge on any atom is -0.494 e. The number of piperidine rings is 1. The van der Waals surface area contributed by atoms with E-state index in [9.17, 15) is 8.42 Å². The lowest BCUT2D eigenvalue weighted by molar-refractivity contribution is 0.306. The van der Waals surface area contributed by atoms with Gasteiger partial charge in [-0.2, -0.15) is 4.31 Å². The highest BCUT2D eigenvalue weighted by atomic mass is 32.2. The molecule has 0 saturated carbocycles. The Bertz CT molecular complexity index is 811. The van der Waals surface area contributed by atoms with Gasteiger partial charge in [0.05, 0.1) is 11.5 Å². The minimum absolute atomic E-state index is 0.388. The fourth-order valence-corrected chi connectivity index (χ4v) is 4.80. The molecule has 0 atom stereocenters. The van der Waals surface area contributed by atoms with E-state index in [0.717, 1.165) is 48.8 Å². The zero-order valence-corrected chi connectivity index (χ0v) is 15.7. The molecule has 25 heavy (non-hydrogen) atoms. The monoisotopic (exact) mass is 361 g/mol. The Morgan fingerprint density at radius 1 is 0.960 bits per heavy atom. The van der Waals surface area contributed by atoms with Crippen molar-refractivity contribution in [2.45, 2.75) is 50.3 Å². The van der Waals surface area contributed by atoms with E-state index in [-0.39, 0.29) is 0 Å². The van der Waals surface area contributed by atoms with Gasteiger partial charge in [-0.1, -0.05) is 38.3 Å². The van der Waals surface area contributed by atoms with Gasteiger partial charge < -0.3 is 4.74 Å². The largest absolute Gasteiger partial charge is 0.494 e. The molecule has 0 unspecified atom stereocenters. The Morgan fingerprint density at radius 3 is 2.44 bits per heavy atom. The van der Waals surface area contributed by atoms with Crippen LogP contribution in [0.3, 0.4) is 0 Å². The summed E-state index contributed by atoms with van der Waals surface area (Å²) in [5.41, 5.74) is 0. The van der Waals surface area contributed by atoms with E-state index in [1.165, 1.54) is 12.8 Å². The first kappa shape index (κ1) is 18.2. The molecule has 0 N–H and O–H groups in total. The summed E-state index contributed by atoms with van der Waals surface area (Å²) in [6.45, 7) is 4.15. The van der Waals surface area contributed by atoms with Crippen LogP contribution in [-0.2, 0) is 10.0 Å². The smallest absolute Gasteiger partial charge is 0.243 e. The first-order valence-electron chi connectivity index (χ1n) is 9.28. The molecule has 2 aromatic carbocycles. The minimum atomic E-state index is -3.38. The average Bonchev–Trinajstić information content (AvgIpc) is 2.65. The number of fused-ring (bicyclic) bond motifs is 1. The standard InChI is InChI=1S/C20H27NO3S/c1-2-3-7-14-24-19-10-8-18-16-20(11-9-17(18)15-19)25(22,23)21-12-5-4-6-13-21/h8-11,15-16H,2-7,12-14H2,1H3. The molecule has 0 bridgehead atoms. The van der Waals surface area contributed by atoms with E-state index in [2.05, 4.69) is 6.92 Å². The third kappa shape index (κ3) is 4.33. The zero-order chi connectivity index (χ0) is 17.7. The second kappa shape index (κ2) is 8.19. The van der Waals surface area contributed by atoms with Crippen LogP contribution in [0.5, 0.6) is 5.75 Å². The average molecular weight is 362 g/mol. The Labute approximate surface area is 150 Å². The van der Waals surface area contributed by atoms with Crippen molar-refractivity contribution in [2.75, 3.05) is 19.7 Å². The van der Waals surface area contributed by atoms with Crippen LogP contribution >= 0.6 is 0 Å². The molecule has 5 heteroatoms. The number of nitrogens with zero attached hydrogens (tertiary/aromatic N) is 1. The van der Waals surface area contributed by atoms with Crippen molar-refractivity contribution in [2.24, 2.45) is 0 Å². The summed E-state index contributed by atoms with van der Waals surface area (Å²) in [5, 5.41) is 1.93. The Hall–Kier alpha value is -1.59. The molecule has 1 saturated heterocycles. The maximum absolute atomic E-state index is 12.8. The molecule has 0 aromatic heterocycles. The summed E-state index contributed by atoms with van der Waals surface area (Å²) in [7, 11) is -3.38. The molecule has 0 radical (unpaired) electrons. The lowest BCUT2D eigenvalue weighted by Crippen LogP contribution is -2.35. The summed E-state index contributed by atoms with van der Waals surface area (Å²) in [4.78, 5) is 0.388. The van der Waals surface area contributed by atoms with Crippen LogP contribution in [-0.4, -0.2) is 32.4 Å².